The van der Waals surface area contributed by atoms with Gasteiger partial charge in [0, 0.05) is 5.69 Å². The van der Waals surface area contributed by atoms with Crippen molar-refractivity contribution in [3.05, 3.63) is 36.2 Å². The molecular formula is C13H13N3O2S. The van der Waals surface area contributed by atoms with Crippen molar-refractivity contribution in [3.8, 4) is 5.69 Å². The molecule has 5 nitrogen and oxygen atoms in total. The number of carbonyl (C=O) groups excluding carboxylic acids is 1. The zero-order valence-corrected chi connectivity index (χ0v) is 11.3. The fourth-order valence-electron chi connectivity index (χ4n) is 2.01. The van der Waals surface area contributed by atoms with Crippen LogP contribution in [0.25, 0.3) is 5.69 Å². The van der Waals surface area contributed by atoms with Gasteiger partial charge in [-0.2, -0.15) is 0 Å². The molecule has 0 bridgehead atoms. The molecule has 1 aromatic heterocycles. The highest BCUT2D eigenvalue weighted by Gasteiger charge is 2.27. The summed E-state index contributed by atoms with van der Waals surface area (Å²) in [5, 5.41) is 9.23. The number of hydrogen-bond donors (Lipinski definition) is 0. The Labute approximate surface area is 115 Å². The normalized spacial score (nSPS) is 18.6. The number of thioether (sulfide) groups is 1. The van der Waals surface area contributed by atoms with E-state index in [0.717, 1.165) is 16.7 Å². The minimum atomic E-state index is -0.139. The summed E-state index contributed by atoms with van der Waals surface area (Å²) in [7, 11) is 0. The van der Waals surface area contributed by atoms with Crippen LogP contribution in [0.1, 0.15) is 12.2 Å². The molecule has 0 saturated carbocycles. The van der Waals surface area contributed by atoms with E-state index in [1.165, 1.54) is 0 Å². The molecule has 0 radical (unpaired) electrons. The predicted molar refractivity (Wildman–Crippen MR) is 71.3 cm³/mol. The molecule has 0 N–H and O–H groups in total. The zero-order valence-electron chi connectivity index (χ0n) is 10.4. The van der Waals surface area contributed by atoms with Gasteiger partial charge in [0.15, 0.2) is 5.16 Å². The van der Waals surface area contributed by atoms with Crippen molar-refractivity contribution in [3.63, 3.8) is 0 Å². The molecule has 1 aliphatic rings. The van der Waals surface area contributed by atoms with Crippen LogP contribution in [0.3, 0.4) is 0 Å². The van der Waals surface area contributed by atoms with Gasteiger partial charge in [-0.1, -0.05) is 30.0 Å². The van der Waals surface area contributed by atoms with E-state index in [9.17, 15) is 4.79 Å². The van der Waals surface area contributed by atoms with E-state index in [1.807, 2.05) is 41.8 Å². The molecular weight excluding hydrogens is 262 g/mol. The lowest BCUT2D eigenvalue weighted by molar-refractivity contribution is -0.137. The van der Waals surface area contributed by atoms with Crippen LogP contribution in [0.15, 0.2) is 35.5 Å². The molecule has 0 spiro atoms. The SMILES string of the molecule is Cc1nnc(S[C@@H]2COC(=O)C2)n1-c1ccccc1. The van der Waals surface area contributed by atoms with Crippen LogP contribution in [-0.4, -0.2) is 32.6 Å². The van der Waals surface area contributed by atoms with E-state index in [1.54, 1.807) is 11.8 Å². The standard InChI is InChI=1S/C13H13N3O2S/c1-9-14-15-13(19-11-7-12(17)18-8-11)16(9)10-5-3-2-4-6-10/h2-6,11H,7-8H2,1H3/t11-/m0/s1. The lowest BCUT2D eigenvalue weighted by Gasteiger charge is -2.09. The third kappa shape index (κ3) is 2.49. The number of benzene rings is 1. The Morgan fingerprint density at radius 3 is 2.79 bits per heavy atom. The van der Waals surface area contributed by atoms with Gasteiger partial charge in [0.05, 0.1) is 11.7 Å². The van der Waals surface area contributed by atoms with Gasteiger partial charge < -0.3 is 4.74 Å². The number of aryl methyl sites for hydroxylation is 1. The van der Waals surface area contributed by atoms with E-state index in [2.05, 4.69) is 10.2 Å². The second-order valence-corrected chi connectivity index (χ2v) is 5.60. The molecule has 0 amide bonds. The number of cyclic esters (lactones) is 1. The first kappa shape index (κ1) is 12.2. The number of hydrogen-bond acceptors (Lipinski definition) is 5. The molecule has 1 aliphatic heterocycles. The average molecular weight is 275 g/mol. The van der Waals surface area contributed by atoms with Crippen molar-refractivity contribution >= 4 is 17.7 Å². The number of aromatic nitrogens is 3. The molecule has 1 atom stereocenters. The zero-order chi connectivity index (χ0) is 13.2. The first-order valence-corrected chi connectivity index (χ1v) is 6.92. The smallest absolute Gasteiger partial charge is 0.307 e. The van der Waals surface area contributed by atoms with Crippen LogP contribution in [0, 0.1) is 6.92 Å². The number of ether oxygens (including phenoxy) is 1. The molecule has 1 aromatic carbocycles. The molecule has 6 heteroatoms. The van der Waals surface area contributed by atoms with Crippen molar-refractivity contribution in [2.75, 3.05) is 6.61 Å². The number of carbonyl (C=O) groups is 1. The molecule has 1 saturated heterocycles. The Morgan fingerprint density at radius 1 is 1.32 bits per heavy atom. The van der Waals surface area contributed by atoms with Gasteiger partial charge in [-0.15, -0.1) is 10.2 Å². The number of para-hydroxylation sites is 1. The lowest BCUT2D eigenvalue weighted by atomic mass is 10.3. The predicted octanol–water partition coefficient (Wildman–Crippen LogP) is 1.98. The van der Waals surface area contributed by atoms with Crippen molar-refractivity contribution in [2.45, 2.75) is 23.8 Å². The van der Waals surface area contributed by atoms with Crippen molar-refractivity contribution in [2.24, 2.45) is 0 Å². The maximum absolute atomic E-state index is 11.1. The summed E-state index contributed by atoms with van der Waals surface area (Å²) in [5.41, 5.74) is 1.03. The summed E-state index contributed by atoms with van der Waals surface area (Å²) in [4.78, 5) is 11.1. The van der Waals surface area contributed by atoms with Gasteiger partial charge in [-0.3, -0.25) is 9.36 Å². The largest absolute Gasteiger partial charge is 0.464 e. The minimum Gasteiger partial charge on any atom is -0.464 e. The summed E-state index contributed by atoms with van der Waals surface area (Å²) >= 11 is 1.54. The molecule has 1 fully saturated rings. The lowest BCUT2D eigenvalue weighted by Crippen LogP contribution is -2.05. The third-order valence-electron chi connectivity index (χ3n) is 2.91. The quantitative estimate of drug-likeness (QED) is 0.802. The highest BCUT2D eigenvalue weighted by atomic mass is 32.2. The summed E-state index contributed by atoms with van der Waals surface area (Å²) < 4.78 is 6.97. The summed E-state index contributed by atoms with van der Waals surface area (Å²) in [6.07, 6.45) is 0.436. The first-order chi connectivity index (χ1) is 9.24. The van der Waals surface area contributed by atoms with Gasteiger partial charge in [-0.25, -0.2) is 0 Å². The fraction of sp³-hybridized carbons (Fsp3) is 0.308. The van der Waals surface area contributed by atoms with Gasteiger partial charge in [0.25, 0.3) is 0 Å². The maximum Gasteiger partial charge on any atom is 0.307 e. The second kappa shape index (κ2) is 5.05. The summed E-state index contributed by atoms with van der Waals surface area (Å²) in [6.45, 7) is 2.37. The van der Waals surface area contributed by atoms with E-state index in [4.69, 9.17) is 4.74 Å². The van der Waals surface area contributed by atoms with Crippen LogP contribution < -0.4 is 0 Å². The Balaban J connectivity index is 1.89. The summed E-state index contributed by atoms with van der Waals surface area (Å²) in [5.74, 6) is 0.693. The molecule has 2 aromatic rings. The van der Waals surface area contributed by atoms with Gasteiger partial charge in [0.2, 0.25) is 0 Å². The molecule has 0 unspecified atom stereocenters. The first-order valence-electron chi connectivity index (χ1n) is 6.04. The van der Waals surface area contributed by atoms with Crippen molar-refractivity contribution in [1.82, 2.24) is 14.8 Å². The van der Waals surface area contributed by atoms with Gasteiger partial charge >= 0.3 is 5.97 Å². The van der Waals surface area contributed by atoms with Gasteiger partial charge in [0.1, 0.15) is 12.4 Å². The Hall–Kier alpha value is -1.82. The van der Waals surface area contributed by atoms with E-state index in [0.29, 0.717) is 13.0 Å². The van der Waals surface area contributed by atoms with Crippen molar-refractivity contribution < 1.29 is 9.53 Å². The van der Waals surface area contributed by atoms with E-state index < -0.39 is 0 Å². The van der Waals surface area contributed by atoms with Crippen LogP contribution >= 0.6 is 11.8 Å². The maximum atomic E-state index is 11.1. The number of esters is 1. The molecule has 19 heavy (non-hydrogen) atoms. The molecule has 0 aliphatic carbocycles. The van der Waals surface area contributed by atoms with Crippen molar-refractivity contribution in [1.29, 1.82) is 0 Å². The van der Waals surface area contributed by atoms with Crippen LogP contribution in [0.5, 0.6) is 0 Å². The highest BCUT2D eigenvalue weighted by Crippen LogP contribution is 2.29. The summed E-state index contributed by atoms with van der Waals surface area (Å²) in [6, 6.07) is 9.95. The Kier molecular flexibility index (Phi) is 3.25. The number of nitrogens with zero attached hydrogens (tertiary/aromatic N) is 3. The third-order valence-corrected chi connectivity index (χ3v) is 4.02. The number of rotatable bonds is 3. The monoisotopic (exact) mass is 275 g/mol. The Morgan fingerprint density at radius 2 is 2.11 bits per heavy atom. The second-order valence-electron chi connectivity index (χ2n) is 4.33. The molecule has 2 heterocycles. The molecule has 3 rings (SSSR count). The molecule has 98 valence electrons. The van der Waals surface area contributed by atoms with Gasteiger partial charge in [-0.05, 0) is 19.1 Å². The Bertz CT molecular complexity index is 597. The van der Waals surface area contributed by atoms with Crippen LogP contribution in [0.4, 0.5) is 0 Å². The average Bonchev–Trinajstić information content (AvgIpc) is 2.98. The minimum absolute atomic E-state index is 0.124. The van der Waals surface area contributed by atoms with Crippen LogP contribution in [0.2, 0.25) is 0 Å². The topological polar surface area (TPSA) is 57.0 Å². The highest BCUT2D eigenvalue weighted by molar-refractivity contribution is 7.99. The van der Waals surface area contributed by atoms with E-state index >= 15 is 0 Å². The fourth-order valence-corrected chi connectivity index (χ4v) is 3.09. The van der Waals surface area contributed by atoms with E-state index in [-0.39, 0.29) is 11.2 Å². The van der Waals surface area contributed by atoms with Crippen LogP contribution in [-0.2, 0) is 9.53 Å².